The predicted molar refractivity (Wildman–Crippen MR) is 83.8 cm³/mol. The number of nitrogens with zero attached hydrogens (tertiary/aromatic N) is 4. The number of carbonyl (C=O) groups excluding carboxylic acids is 1. The number of para-hydroxylation sites is 1. The topological polar surface area (TPSA) is 63.1 Å². The Morgan fingerprint density at radius 3 is 2.86 bits per heavy atom. The third-order valence-corrected chi connectivity index (χ3v) is 4.13. The summed E-state index contributed by atoms with van der Waals surface area (Å²) in [6.45, 7) is 6.48. The van der Waals surface area contributed by atoms with Crippen LogP contribution in [-0.2, 0) is 11.2 Å². The minimum atomic E-state index is 0.122. The standard InChI is InChI=1S/C16H21N5O/c1-12-11-17-8-9-20(12)16(22)10-15-13(2)21(19-18-15)14-6-4-3-5-7-14/h3-7,12,17H,8-11H2,1-2H3/t12-/m0/s1. The van der Waals surface area contributed by atoms with Crippen LogP contribution < -0.4 is 5.32 Å². The number of nitrogens with one attached hydrogen (secondary N) is 1. The second kappa shape index (κ2) is 6.27. The highest BCUT2D eigenvalue weighted by Crippen LogP contribution is 2.14. The lowest BCUT2D eigenvalue weighted by Gasteiger charge is -2.33. The van der Waals surface area contributed by atoms with Gasteiger partial charge < -0.3 is 10.2 Å². The van der Waals surface area contributed by atoms with E-state index in [1.807, 2.05) is 42.2 Å². The van der Waals surface area contributed by atoms with Gasteiger partial charge >= 0.3 is 0 Å². The van der Waals surface area contributed by atoms with E-state index >= 15 is 0 Å². The fourth-order valence-corrected chi connectivity index (χ4v) is 2.79. The molecule has 1 atom stereocenters. The van der Waals surface area contributed by atoms with Gasteiger partial charge in [-0.25, -0.2) is 4.68 Å². The first kappa shape index (κ1) is 14.7. The molecule has 0 radical (unpaired) electrons. The molecular weight excluding hydrogens is 278 g/mol. The lowest BCUT2D eigenvalue weighted by atomic mass is 10.1. The van der Waals surface area contributed by atoms with Crippen LogP contribution in [0.5, 0.6) is 0 Å². The normalized spacial score (nSPS) is 18.5. The fraction of sp³-hybridized carbons (Fsp3) is 0.438. The molecule has 1 aromatic heterocycles. The van der Waals surface area contributed by atoms with Crippen molar-refractivity contribution in [3.8, 4) is 5.69 Å². The van der Waals surface area contributed by atoms with Gasteiger partial charge in [0, 0.05) is 25.7 Å². The minimum Gasteiger partial charge on any atom is -0.337 e. The van der Waals surface area contributed by atoms with Gasteiger partial charge in [-0.1, -0.05) is 23.4 Å². The highest BCUT2D eigenvalue weighted by atomic mass is 16.2. The average molecular weight is 299 g/mol. The molecule has 1 fully saturated rings. The van der Waals surface area contributed by atoms with Gasteiger partial charge in [0.25, 0.3) is 0 Å². The first-order chi connectivity index (χ1) is 10.7. The molecule has 6 heteroatoms. The second-order valence-electron chi connectivity index (χ2n) is 5.69. The predicted octanol–water partition coefficient (Wildman–Crippen LogP) is 0.939. The van der Waals surface area contributed by atoms with Gasteiger partial charge in [-0.05, 0) is 26.0 Å². The Hall–Kier alpha value is -2.21. The van der Waals surface area contributed by atoms with Gasteiger partial charge in [0.2, 0.25) is 5.91 Å². The van der Waals surface area contributed by atoms with Gasteiger partial charge in [-0.2, -0.15) is 0 Å². The van der Waals surface area contributed by atoms with Crippen molar-refractivity contribution in [2.45, 2.75) is 26.3 Å². The van der Waals surface area contributed by atoms with Crippen molar-refractivity contribution in [3.05, 3.63) is 41.7 Å². The number of amides is 1. The Labute approximate surface area is 130 Å². The van der Waals surface area contributed by atoms with E-state index in [-0.39, 0.29) is 11.9 Å². The van der Waals surface area contributed by atoms with Crippen molar-refractivity contribution in [1.29, 1.82) is 0 Å². The SMILES string of the molecule is Cc1c(CC(=O)N2CCNC[C@@H]2C)nnn1-c1ccccc1. The van der Waals surface area contributed by atoms with E-state index < -0.39 is 0 Å². The molecular formula is C16H21N5O. The Kier molecular flexibility index (Phi) is 4.20. The molecule has 2 heterocycles. The lowest BCUT2D eigenvalue weighted by molar-refractivity contribution is -0.133. The van der Waals surface area contributed by atoms with Crippen LogP contribution >= 0.6 is 0 Å². The molecule has 1 aliphatic rings. The highest BCUT2D eigenvalue weighted by Gasteiger charge is 2.24. The Morgan fingerprint density at radius 1 is 1.36 bits per heavy atom. The largest absolute Gasteiger partial charge is 0.337 e. The van der Waals surface area contributed by atoms with Crippen molar-refractivity contribution >= 4 is 5.91 Å². The smallest absolute Gasteiger partial charge is 0.229 e. The monoisotopic (exact) mass is 299 g/mol. The molecule has 116 valence electrons. The molecule has 1 saturated heterocycles. The van der Waals surface area contributed by atoms with Crippen LogP contribution in [0.1, 0.15) is 18.3 Å². The summed E-state index contributed by atoms with van der Waals surface area (Å²) < 4.78 is 1.78. The molecule has 0 saturated carbocycles. The maximum absolute atomic E-state index is 12.5. The third-order valence-electron chi connectivity index (χ3n) is 4.13. The molecule has 0 bridgehead atoms. The average Bonchev–Trinajstić information content (AvgIpc) is 2.89. The summed E-state index contributed by atoms with van der Waals surface area (Å²) in [5.41, 5.74) is 2.63. The van der Waals surface area contributed by atoms with Crippen LogP contribution in [0, 0.1) is 6.92 Å². The van der Waals surface area contributed by atoms with E-state index in [0.717, 1.165) is 36.7 Å². The third kappa shape index (κ3) is 2.87. The number of benzene rings is 1. The van der Waals surface area contributed by atoms with Crippen LogP contribution in [0.3, 0.4) is 0 Å². The van der Waals surface area contributed by atoms with E-state index in [4.69, 9.17) is 0 Å². The maximum Gasteiger partial charge on any atom is 0.229 e. The number of hydrogen-bond donors (Lipinski definition) is 1. The van der Waals surface area contributed by atoms with E-state index in [1.54, 1.807) is 4.68 Å². The number of aromatic nitrogens is 3. The molecule has 1 amide bonds. The van der Waals surface area contributed by atoms with Crippen molar-refractivity contribution in [2.75, 3.05) is 19.6 Å². The lowest BCUT2D eigenvalue weighted by Crippen LogP contribution is -2.52. The zero-order valence-corrected chi connectivity index (χ0v) is 13.0. The number of rotatable bonds is 3. The molecule has 0 spiro atoms. The van der Waals surface area contributed by atoms with Gasteiger partial charge in [-0.15, -0.1) is 5.10 Å². The van der Waals surface area contributed by atoms with Crippen molar-refractivity contribution in [3.63, 3.8) is 0 Å². The molecule has 1 N–H and O–H groups in total. The zero-order chi connectivity index (χ0) is 15.5. The fourth-order valence-electron chi connectivity index (χ4n) is 2.79. The first-order valence-electron chi connectivity index (χ1n) is 7.63. The maximum atomic E-state index is 12.5. The molecule has 0 aliphatic carbocycles. The van der Waals surface area contributed by atoms with Crippen molar-refractivity contribution in [2.24, 2.45) is 0 Å². The highest BCUT2D eigenvalue weighted by molar-refractivity contribution is 5.79. The summed E-state index contributed by atoms with van der Waals surface area (Å²) in [5.74, 6) is 0.122. The quantitative estimate of drug-likeness (QED) is 0.916. The molecule has 1 aromatic carbocycles. The van der Waals surface area contributed by atoms with Crippen molar-refractivity contribution < 1.29 is 4.79 Å². The van der Waals surface area contributed by atoms with Crippen LogP contribution in [0.25, 0.3) is 5.69 Å². The zero-order valence-electron chi connectivity index (χ0n) is 13.0. The number of piperazine rings is 1. The Bertz CT molecular complexity index is 652. The van der Waals surface area contributed by atoms with E-state index in [9.17, 15) is 4.79 Å². The van der Waals surface area contributed by atoms with Crippen molar-refractivity contribution in [1.82, 2.24) is 25.2 Å². The summed E-state index contributed by atoms with van der Waals surface area (Å²) in [7, 11) is 0. The van der Waals surface area contributed by atoms with E-state index in [2.05, 4.69) is 22.6 Å². The Morgan fingerprint density at radius 2 is 2.14 bits per heavy atom. The van der Waals surface area contributed by atoms with Crippen LogP contribution in [0.2, 0.25) is 0 Å². The minimum absolute atomic E-state index is 0.122. The summed E-state index contributed by atoms with van der Waals surface area (Å²) >= 11 is 0. The van der Waals surface area contributed by atoms with Crippen LogP contribution in [0.15, 0.2) is 30.3 Å². The molecule has 6 nitrogen and oxygen atoms in total. The van der Waals surface area contributed by atoms with Gasteiger partial charge in [0.15, 0.2) is 0 Å². The molecule has 2 aromatic rings. The molecule has 0 unspecified atom stereocenters. The van der Waals surface area contributed by atoms with Crippen LogP contribution in [-0.4, -0.2) is 51.5 Å². The summed E-state index contributed by atoms with van der Waals surface area (Å²) in [6.07, 6.45) is 0.309. The van der Waals surface area contributed by atoms with Gasteiger partial charge in [0.1, 0.15) is 0 Å². The van der Waals surface area contributed by atoms with Gasteiger partial charge in [0.05, 0.1) is 23.5 Å². The first-order valence-corrected chi connectivity index (χ1v) is 7.63. The van der Waals surface area contributed by atoms with Crippen LogP contribution in [0.4, 0.5) is 0 Å². The number of carbonyl (C=O) groups is 1. The van der Waals surface area contributed by atoms with E-state index in [0.29, 0.717) is 6.42 Å². The second-order valence-corrected chi connectivity index (χ2v) is 5.69. The molecule has 1 aliphatic heterocycles. The summed E-state index contributed by atoms with van der Waals surface area (Å²) in [5, 5.41) is 11.7. The van der Waals surface area contributed by atoms with E-state index in [1.165, 1.54) is 0 Å². The summed E-state index contributed by atoms with van der Waals surface area (Å²) in [6, 6.07) is 10.1. The number of hydrogen-bond acceptors (Lipinski definition) is 4. The Balaban J connectivity index is 1.76. The molecule has 22 heavy (non-hydrogen) atoms. The molecule has 3 rings (SSSR count). The van der Waals surface area contributed by atoms with Gasteiger partial charge in [-0.3, -0.25) is 4.79 Å². The summed E-state index contributed by atoms with van der Waals surface area (Å²) in [4.78, 5) is 14.4.